The lowest BCUT2D eigenvalue weighted by Crippen LogP contribution is -2.31. The van der Waals surface area contributed by atoms with Crippen molar-refractivity contribution >= 4 is 98.6 Å². The van der Waals surface area contributed by atoms with E-state index in [9.17, 15) is 14.4 Å². The number of fused-ring (bicyclic) bond motifs is 1. The topological polar surface area (TPSA) is 75.5 Å². The molecule has 0 atom stereocenters. The van der Waals surface area contributed by atoms with Crippen molar-refractivity contribution in [1.29, 1.82) is 0 Å². The Hall–Kier alpha value is -3.15. The number of hydrogen-bond donors (Lipinski definition) is 0. The van der Waals surface area contributed by atoms with E-state index in [0.29, 0.717) is 30.2 Å². The predicted octanol–water partition coefficient (Wildman–Crippen LogP) is 7.27. The fourth-order valence-electron chi connectivity index (χ4n) is 3.79. The molecule has 1 saturated heterocycles. The Bertz CT molecular complexity index is 1640. The second-order valence-corrected chi connectivity index (χ2v) is 12.7. The molecule has 0 saturated carbocycles. The van der Waals surface area contributed by atoms with Crippen LogP contribution >= 0.6 is 58.9 Å². The second kappa shape index (κ2) is 14.8. The van der Waals surface area contributed by atoms with Crippen LogP contribution in [-0.2, 0) is 15.3 Å². The number of benzene rings is 3. The lowest BCUT2D eigenvalue weighted by Gasteiger charge is -2.15. The third-order valence-corrected chi connectivity index (χ3v) is 8.75. The van der Waals surface area contributed by atoms with Crippen LogP contribution < -0.4 is 0 Å². The monoisotopic (exact) mass is 656 g/mol. The van der Waals surface area contributed by atoms with E-state index in [4.69, 9.17) is 40.4 Å². The van der Waals surface area contributed by atoms with Crippen molar-refractivity contribution in [2.45, 2.75) is 17.3 Å². The third-order valence-electron chi connectivity index (χ3n) is 5.86. The van der Waals surface area contributed by atoms with Gasteiger partial charge in [0.15, 0.2) is 5.16 Å². The summed E-state index contributed by atoms with van der Waals surface area (Å²) in [6.45, 7) is 0.190. The first-order valence-electron chi connectivity index (χ1n) is 12.7. The second-order valence-electron chi connectivity index (χ2n) is 9.23. The molecule has 0 bridgehead atoms. The summed E-state index contributed by atoms with van der Waals surface area (Å²) in [6.07, 6.45) is 2.64. The van der Waals surface area contributed by atoms with E-state index in [0.717, 1.165) is 28.6 Å². The maximum absolute atomic E-state index is 13.4. The van der Waals surface area contributed by atoms with E-state index in [-0.39, 0.29) is 24.8 Å². The number of rotatable bonds is 8. The Morgan fingerprint density at radius 3 is 2.29 bits per heavy atom. The SMILES string of the molecule is CN(C)C=O.O=C1/C(=C/c2ccc(Cl)cc2)SC(=S)N1CCC(=O)n1c(SCc2ccc(Cl)cc2)nc2ccccc21. The van der Waals surface area contributed by atoms with Gasteiger partial charge in [0.1, 0.15) is 4.32 Å². The highest BCUT2D eigenvalue weighted by Crippen LogP contribution is 2.33. The van der Waals surface area contributed by atoms with Crippen molar-refractivity contribution in [3.8, 4) is 0 Å². The van der Waals surface area contributed by atoms with E-state index in [1.54, 1.807) is 36.9 Å². The van der Waals surface area contributed by atoms with Gasteiger partial charge >= 0.3 is 0 Å². The molecule has 1 aromatic heterocycles. The molecule has 7 nitrogen and oxygen atoms in total. The Morgan fingerprint density at radius 1 is 1.02 bits per heavy atom. The molecule has 0 unspecified atom stereocenters. The highest BCUT2D eigenvalue weighted by Gasteiger charge is 2.32. The van der Waals surface area contributed by atoms with E-state index >= 15 is 0 Å². The molecule has 1 aliphatic heterocycles. The van der Waals surface area contributed by atoms with Crippen LogP contribution in [0.1, 0.15) is 22.3 Å². The minimum absolute atomic E-state index is 0.107. The Kier molecular flexibility index (Phi) is 11.2. The Morgan fingerprint density at radius 2 is 1.64 bits per heavy atom. The van der Waals surface area contributed by atoms with Gasteiger partial charge in [0.2, 0.25) is 12.3 Å². The molecule has 0 radical (unpaired) electrons. The zero-order valence-electron chi connectivity index (χ0n) is 22.7. The number of carbonyl (C=O) groups is 3. The summed E-state index contributed by atoms with van der Waals surface area (Å²) >= 11 is 20.1. The van der Waals surface area contributed by atoms with Crippen LogP contribution in [0.4, 0.5) is 0 Å². The average Bonchev–Trinajstić information content (AvgIpc) is 3.48. The molecular formula is C30H26Cl2N4O3S3. The summed E-state index contributed by atoms with van der Waals surface area (Å²) in [5.74, 6) is 0.284. The Labute approximate surface area is 267 Å². The van der Waals surface area contributed by atoms with Crippen molar-refractivity contribution in [2.75, 3.05) is 20.6 Å². The molecule has 0 spiro atoms. The van der Waals surface area contributed by atoms with Crippen molar-refractivity contribution < 1.29 is 14.4 Å². The van der Waals surface area contributed by atoms with Gasteiger partial charge in [-0.05, 0) is 53.6 Å². The van der Waals surface area contributed by atoms with Gasteiger partial charge in [-0.3, -0.25) is 23.9 Å². The maximum Gasteiger partial charge on any atom is 0.266 e. The predicted molar refractivity (Wildman–Crippen MR) is 177 cm³/mol. The molecule has 42 heavy (non-hydrogen) atoms. The summed E-state index contributed by atoms with van der Waals surface area (Å²) in [5.41, 5.74) is 3.41. The fourth-order valence-corrected chi connectivity index (χ4v) is 6.33. The fraction of sp³-hybridized carbons (Fsp3) is 0.167. The molecule has 4 aromatic rings. The van der Waals surface area contributed by atoms with Crippen LogP contribution in [0.15, 0.2) is 82.9 Å². The normalized spacial score (nSPS) is 13.8. The zero-order chi connectivity index (χ0) is 30.2. The number of thiocarbonyl (C=S) groups is 1. The number of halogens is 2. The number of amides is 2. The summed E-state index contributed by atoms with van der Waals surface area (Å²) in [6, 6.07) is 22.3. The molecule has 2 heterocycles. The highest BCUT2D eigenvalue weighted by molar-refractivity contribution is 8.26. The lowest BCUT2D eigenvalue weighted by molar-refractivity contribution is -0.122. The van der Waals surface area contributed by atoms with Crippen molar-refractivity contribution in [2.24, 2.45) is 0 Å². The van der Waals surface area contributed by atoms with Gasteiger partial charge in [-0.25, -0.2) is 4.98 Å². The molecule has 216 valence electrons. The van der Waals surface area contributed by atoms with Gasteiger partial charge in [0, 0.05) is 42.9 Å². The summed E-state index contributed by atoms with van der Waals surface area (Å²) in [4.78, 5) is 44.0. The van der Waals surface area contributed by atoms with Crippen LogP contribution in [0.3, 0.4) is 0 Å². The van der Waals surface area contributed by atoms with Crippen LogP contribution in [0.2, 0.25) is 10.0 Å². The molecule has 3 aromatic carbocycles. The maximum atomic E-state index is 13.4. The van der Waals surface area contributed by atoms with Crippen LogP contribution in [-0.4, -0.2) is 62.5 Å². The van der Waals surface area contributed by atoms with Gasteiger partial charge in [0.25, 0.3) is 5.91 Å². The lowest BCUT2D eigenvalue weighted by atomic mass is 10.2. The van der Waals surface area contributed by atoms with Crippen LogP contribution in [0.5, 0.6) is 0 Å². The molecule has 1 fully saturated rings. The molecule has 0 N–H and O–H groups in total. The van der Waals surface area contributed by atoms with E-state index < -0.39 is 0 Å². The summed E-state index contributed by atoms with van der Waals surface area (Å²) < 4.78 is 2.07. The summed E-state index contributed by atoms with van der Waals surface area (Å²) in [5, 5.41) is 1.91. The Balaban J connectivity index is 0.000000748. The molecule has 0 aliphatic carbocycles. The van der Waals surface area contributed by atoms with Gasteiger partial charge in [-0.1, -0.05) is 95.3 Å². The van der Waals surface area contributed by atoms with E-state index in [1.807, 2.05) is 60.7 Å². The largest absolute Gasteiger partial charge is 0.351 e. The first-order valence-corrected chi connectivity index (χ1v) is 15.6. The molecule has 12 heteroatoms. The van der Waals surface area contributed by atoms with Crippen molar-refractivity contribution in [1.82, 2.24) is 19.4 Å². The molecule has 1 aliphatic rings. The third kappa shape index (κ3) is 8.23. The average molecular weight is 658 g/mol. The van der Waals surface area contributed by atoms with E-state index in [2.05, 4.69) is 0 Å². The van der Waals surface area contributed by atoms with Gasteiger partial charge in [0.05, 0.1) is 15.9 Å². The molecule has 5 rings (SSSR count). The van der Waals surface area contributed by atoms with Crippen LogP contribution in [0, 0.1) is 0 Å². The molecular weight excluding hydrogens is 631 g/mol. The first-order chi connectivity index (χ1) is 20.2. The van der Waals surface area contributed by atoms with Crippen LogP contribution in [0.25, 0.3) is 17.1 Å². The van der Waals surface area contributed by atoms with Crippen molar-refractivity contribution in [3.05, 3.63) is 98.9 Å². The summed E-state index contributed by atoms with van der Waals surface area (Å²) in [7, 11) is 3.38. The standard InChI is InChI=1S/C27H19Cl2N3O2S3.C3H7NO/c28-19-9-5-17(6-10-19)15-23-25(34)31(27(35)37-23)14-13-24(33)32-22-4-2-1-3-21(22)30-26(32)36-16-18-7-11-20(29)12-8-18;1-4(2)3-5/h1-12,15H,13-14,16H2;3H,1-2H3/b23-15-;. The first kappa shape index (κ1) is 31.8. The number of nitrogens with zero attached hydrogens (tertiary/aromatic N) is 4. The number of thioether (sulfide) groups is 2. The minimum atomic E-state index is -0.203. The quantitative estimate of drug-likeness (QED) is 0.0854. The van der Waals surface area contributed by atoms with Crippen molar-refractivity contribution in [3.63, 3.8) is 0 Å². The number of imidazole rings is 1. The minimum Gasteiger partial charge on any atom is -0.351 e. The van der Waals surface area contributed by atoms with E-state index in [1.165, 1.54) is 33.3 Å². The van der Waals surface area contributed by atoms with Gasteiger partial charge in [-0.15, -0.1) is 0 Å². The highest BCUT2D eigenvalue weighted by atomic mass is 35.5. The number of hydrogen-bond acceptors (Lipinski definition) is 7. The number of carbonyl (C=O) groups excluding carboxylic acids is 3. The van der Waals surface area contributed by atoms with Gasteiger partial charge < -0.3 is 4.90 Å². The smallest absolute Gasteiger partial charge is 0.266 e. The molecule has 2 amide bonds. The number of aromatic nitrogens is 2. The number of para-hydroxylation sites is 2. The zero-order valence-corrected chi connectivity index (χ0v) is 26.7. The van der Waals surface area contributed by atoms with Gasteiger partial charge in [-0.2, -0.15) is 0 Å².